The van der Waals surface area contributed by atoms with Crippen molar-refractivity contribution in [2.45, 2.75) is 30.7 Å². The molecule has 0 atom stereocenters. The number of hydrogen-bond donors (Lipinski definition) is 2. The molecule has 2 N–H and O–H groups in total. The zero-order chi connectivity index (χ0) is 22.4. The van der Waals surface area contributed by atoms with E-state index in [9.17, 15) is 18.0 Å². The fraction of sp³-hybridized carbons (Fsp3) is 0.300. The van der Waals surface area contributed by atoms with Crippen LogP contribution in [-0.2, 0) is 24.3 Å². The van der Waals surface area contributed by atoms with Gasteiger partial charge in [0.1, 0.15) is 17.0 Å². The van der Waals surface area contributed by atoms with Crippen molar-refractivity contribution in [2.24, 2.45) is 0 Å². The molecule has 0 radical (unpaired) electrons. The van der Waals surface area contributed by atoms with Gasteiger partial charge in [-0.3, -0.25) is 14.8 Å². The van der Waals surface area contributed by atoms with E-state index in [0.29, 0.717) is 11.5 Å². The lowest BCUT2D eigenvalue weighted by molar-refractivity contribution is -0.142. The summed E-state index contributed by atoms with van der Waals surface area (Å²) in [6, 6.07) is 14.6. The molecule has 10 heteroatoms. The van der Waals surface area contributed by atoms with Crippen molar-refractivity contribution < 1.29 is 32.7 Å². The maximum atomic E-state index is 13.2. The molecule has 2 aromatic rings. The molecule has 0 saturated heterocycles. The lowest BCUT2D eigenvalue weighted by Gasteiger charge is -2.35. The monoisotopic (exact) mass is 436 g/mol. The molecule has 0 fully saturated rings. The molecule has 162 valence electrons. The third-order valence-corrected chi connectivity index (χ3v) is 6.51. The number of hydrogen-bond acceptors (Lipinski definition) is 7. The van der Waals surface area contributed by atoms with Gasteiger partial charge in [-0.25, -0.2) is 13.9 Å². The second kappa shape index (κ2) is 9.70. The van der Waals surface area contributed by atoms with E-state index in [1.165, 1.54) is 50.7 Å². The molecule has 0 unspecified atom stereocenters. The first-order chi connectivity index (χ1) is 14.1. The molecule has 0 spiro atoms. The van der Waals surface area contributed by atoms with Crippen LogP contribution in [0.3, 0.4) is 0 Å². The van der Waals surface area contributed by atoms with Crippen LogP contribution in [0.5, 0.6) is 11.5 Å². The number of benzene rings is 2. The predicted molar refractivity (Wildman–Crippen MR) is 107 cm³/mol. The average Bonchev–Trinajstić information content (AvgIpc) is 2.73. The summed E-state index contributed by atoms with van der Waals surface area (Å²) in [6.07, 6.45) is -0.271. The van der Waals surface area contributed by atoms with Crippen LogP contribution in [0, 0.1) is 0 Å². The molecule has 0 saturated carbocycles. The average molecular weight is 436 g/mol. The van der Waals surface area contributed by atoms with Crippen LogP contribution in [0.25, 0.3) is 0 Å². The van der Waals surface area contributed by atoms with Crippen molar-refractivity contribution in [1.29, 1.82) is 0 Å². The van der Waals surface area contributed by atoms with Gasteiger partial charge in [-0.05, 0) is 50.2 Å². The number of carbonyl (C=O) groups excluding carboxylic acids is 2. The molecule has 0 aliphatic carbocycles. The van der Waals surface area contributed by atoms with Gasteiger partial charge in [0.05, 0.1) is 18.4 Å². The number of methoxy groups -OCH3 is 1. The first-order valence-electron chi connectivity index (χ1n) is 9.00. The maximum absolute atomic E-state index is 13.2. The molecular weight excluding hydrogens is 412 g/mol. The highest BCUT2D eigenvalue weighted by Gasteiger charge is 2.42. The zero-order valence-corrected chi connectivity index (χ0v) is 17.7. The minimum Gasteiger partial charge on any atom is -0.469 e. The van der Waals surface area contributed by atoms with E-state index in [2.05, 4.69) is 4.74 Å². The van der Waals surface area contributed by atoms with Crippen LogP contribution in [0.15, 0.2) is 59.5 Å². The van der Waals surface area contributed by atoms with Gasteiger partial charge in [-0.1, -0.05) is 18.2 Å². The van der Waals surface area contributed by atoms with Gasteiger partial charge in [0.15, 0.2) is 0 Å². The smallest absolute Gasteiger partial charge is 0.306 e. The molecule has 0 heterocycles. The number of carbonyl (C=O) groups is 2. The van der Waals surface area contributed by atoms with Gasteiger partial charge < -0.3 is 9.47 Å². The van der Waals surface area contributed by atoms with Crippen molar-refractivity contribution in [3.63, 3.8) is 0 Å². The highest BCUT2D eigenvalue weighted by atomic mass is 32.2. The summed E-state index contributed by atoms with van der Waals surface area (Å²) in [5, 5.41) is 9.03. The van der Waals surface area contributed by atoms with Gasteiger partial charge in [0.25, 0.3) is 5.91 Å². The van der Waals surface area contributed by atoms with Crippen LogP contribution >= 0.6 is 0 Å². The van der Waals surface area contributed by atoms with E-state index < -0.39 is 27.4 Å². The number of ether oxygens (including phenoxy) is 2. The van der Waals surface area contributed by atoms with Gasteiger partial charge >= 0.3 is 5.97 Å². The quantitative estimate of drug-likeness (QED) is 0.351. The van der Waals surface area contributed by atoms with Crippen LogP contribution in [0.2, 0.25) is 0 Å². The van der Waals surface area contributed by atoms with Crippen molar-refractivity contribution >= 4 is 21.9 Å². The minimum absolute atomic E-state index is 0.105. The normalized spacial score (nSPS) is 11.8. The number of hydroxylamine groups is 1. The number of nitrogens with one attached hydrogen (secondary N) is 1. The third-order valence-electron chi connectivity index (χ3n) is 4.42. The Morgan fingerprint density at radius 1 is 1.03 bits per heavy atom. The van der Waals surface area contributed by atoms with Crippen molar-refractivity contribution in [1.82, 2.24) is 9.79 Å². The SMILES string of the molecule is COC(=O)CCN(C(C)(C)C(=O)NO)S(=O)(=O)c1ccc(Oc2ccccc2)cc1. The summed E-state index contributed by atoms with van der Waals surface area (Å²) < 4.78 is 37.5. The molecule has 30 heavy (non-hydrogen) atoms. The molecule has 0 aromatic heterocycles. The maximum Gasteiger partial charge on any atom is 0.306 e. The molecule has 2 rings (SSSR count). The summed E-state index contributed by atoms with van der Waals surface area (Å²) in [7, 11) is -3.03. The Kier molecular flexibility index (Phi) is 7.54. The Hall–Kier alpha value is -2.95. The predicted octanol–water partition coefficient (Wildman–Crippen LogP) is 2.32. The van der Waals surface area contributed by atoms with E-state index in [1.54, 1.807) is 12.1 Å². The molecular formula is C20H24N2O7S. The Morgan fingerprint density at radius 3 is 2.13 bits per heavy atom. The Labute approximate surface area is 175 Å². The fourth-order valence-corrected chi connectivity index (χ4v) is 4.43. The van der Waals surface area contributed by atoms with Crippen molar-refractivity contribution in [2.75, 3.05) is 13.7 Å². The number of para-hydroxylation sites is 1. The lowest BCUT2D eigenvalue weighted by atomic mass is 10.1. The zero-order valence-electron chi connectivity index (χ0n) is 16.9. The summed E-state index contributed by atoms with van der Waals surface area (Å²) in [4.78, 5) is 23.6. The van der Waals surface area contributed by atoms with Gasteiger partial charge in [-0.2, -0.15) is 4.31 Å². The number of esters is 1. The molecule has 0 bridgehead atoms. The first-order valence-corrected chi connectivity index (χ1v) is 10.4. The van der Waals surface area contributed by atoms with E-state index in [1.807, 2.05) is 18.2 Å². The van der Waals surface area contributed by atoms with Crippen LogP contribution in [-0.4, -0.2) is 49.0 Å². The van der Waals surface area contributed by atoms with Crippen LogP contribution in [0.1, 0.15) is 20.3 Å². The summed E-state index contributed by atoms with van der Waals surface area (Å²) in [5.74, 6) is -0.566. The molecule has 0 aliphatic rings. The Bertz CT molecular complexity index is 974. The highest BCUT2D eigenvalue weighted by Crippen LogP contribution is 2.28. The fourth-order valence-electron chi connectivity index (χ4n) is 2.68. The number of rotatable bonds is 9. The number of sulfonamides is 1. The molecule has 2 aromatic carbocycles. The Balaban J connectivity index is 2.34. The van der Waals surface area contributed by atoms with Crippen molar-refractivity contribution in [3.05, 3.63) is 54.6 Å². The number of amides is 1. The third kappa shape index (κ3) is 5.35. The number of nitrogens with zero attached hydrogens (tertiary/aromatic N) is 1. The molecule has 9 nitrogen and oxygen atoms in total. The standard InChI is InChI=1S/C20H24N2O7S/c1-20(2,19(24)21-25)22(14-13-18(23)28-3)30(26,27)17-11-9-16(10-12-17)29-15-7-5-4-6-8-15/h4-12,25H,13-14H2,1-3H3,(H,21,24). The minimum atomic E-state index is -4.21. The van der Waals surface area contributed by atoms with Crippen LogP contribution < -0.4 is 10.2 Å². The van der Waals surface area contributed by atoms with E-state index in [0.717, 1.165) is 4.31 Å². The second-order valence-electron chi connectivity index (χ2n) is 6.79. The van der Waals surface area contributed by atoms with E-state index >= 15 is 0 Å². The van der Waals surface area contributed by atoms with Gasteiger partial charge in [0.2, 0.25) is 10.0 Å². The highest BCUT2D eigenvalue weighted by molar-refractivity contribution is 7.89. The largest absolute Gasteiger partial charge is 0.469 e. The van der Waals surface area contributed by atoms with E-state index in [4.69, 9.17) is 9.94 Å². The first kappa shape index (κ1) is 23.3. The van der Waals surface area contributed by atoms with Crippen molar-refractivity contribution in [3.8, 4) is 11.5 Å². The lowest BCUT2D eigenvalue weighted by Crippen LogP contribution is -2.56. The molecule has 1 amide bonds. The van der Waals surface area contributed by atoms with Gasteiger partial charge in [-0.15, -0.1) is 0 Å². The van der Waals surface area contributed by atoms with Crippen LogP contribution in [0.4, 0.5) is 0 Å². The summed E-state index contributed by atoms with van der Waals surface area (Å²) >= 11 is 0. The van der Waals surface area contributed by atoms with E-state index in [-0.39, 0.29) is 17.9 Å². The topological polar surface area (TPSA) is 122 Å². The Morgan fingerprint density at radius 2 is 1.60 bits per heavy atom. The summed E-state index contributed by atoms with van der Waals surface area (Å²) in [6.45, 7) is 2.32. The molecule has 0 aliphatic heterocycles. The second-order valence-corrected chi connectivity index (χ2v) is 8.65. The summed E-state index contributed by atoms with van der Waals surface area (Å²) in [5.41, 5.74) is -0.214. The van der Waals surface area contributed by atoms with Gasteiger partial charge in [0, 0.05) is 6.54 Å².